The molecule has 4 aromatic rings. The van der Waals surface area contributed by atoms with Gasteiger partial charge in [0.25, 0.3) is 0 Å². The minimum absolute atomic E-state index is 0.313. The lowest BCUT2D eigenvalue weighted by atomic mass is 9.69. The molecule has 0 amide bonds. The molecule has 190 valence electrons. The number of pyridine rings is 2. The number of aromatic nitrogens is 6. The molecule has 0 N–H and O–H groups in total. The van der Waals surface area contributed by atoms with E-state index in [-0.39, 0.29) is 0 Å². The molecule has 0 fully saturated rings. The molecule has 6 nitrogen and oxygen atoms in total. The van der Waals surface area contributed by atoms with Crippen molar-refractivity contribution in [2.24, 2.45) is 11.8 Å². The number of rotatable bonds is 8. The molecule has 4 rings (SSSR count). The van der Waals surface area contributed by atoms with Crippen LogP contribution in [-0.2, 0) is 11.6 Å². The van der Waals surface area contributed by atoms with E-state index >= 15 is 0 Å². The van der Waals surface area contributed by atoms with Crippen LogP contribution in [0.15, 0.2) is 60.9 Å². The molecule has 0 saturated carbocycles. The van der Waals surface area contributed by atoms with Crippen molar-refractivity contribution in [3.8, 4) is 11.6 Å². The molecule has 0 radical (unpaired) electrons. The summed E-state index contributed by atoms with van der Waals surface area (Å²) >= 11 is 0. The number of aryl methyl sites for hydroxylation is 1. The van der Waals surface area contributed by atoms with Crippen LogP contribution in [0.4, 0.5) is 13.2 Å². The average molecular weight is 497 g/mol. The molecule has 0 aromatic carbocycles. The molecule has 0 spiro atoms. The summed E-state index contributed by atoms with van der Waals surface area (Å²) in [5, 5.41) is 8.24. The van der Waals surface area contributed by atoms with Gasteiger partial charge in [-0.2, -0.15) is 23.4 Å². The van der Waals surface area contributed by atoms with Gasteiger partial charge in [-0.25, -0.2) is 19.3 Å². The van der Waals surface area contributed by atoms with E-state index in [9.17, 15) is 13.2 Å². The van der Waals surface area contributed by atoms with Gasteiger partial charge < -0.3 is 0 Å². The Morgan fingerprint density at radius 3 is 1.61 bits per heavy atom. The van der Waals surface area contributed by atoms with Gasteiger partial charge in [0.05, 0.1) is 22.5 Å². The van der Waals surface area contributed by atoms with Gasteiger partial charge in [-0.3, -0.25) is 0 Å². The van der Waals surface area contributed by atoms with E-state index in [4.69, 9.17) is 9.97 Å². The largest absolute Gasteiger partial charge is 0.435 e. The molecule has 0 atom stereocenters. The van der Waals surface area contributed by atoms with Gasteiger partial charge in [-0.15, -0.1) is 0 Å². The lowest BCUT2D eigenvalue weighted by Gasteiger charge is -2.36. The van der Waals surface area contributed by atoms with Gasteiger partial charge >= 0.3 is 6.18 Å². The summed E-state index contributed by atoms with van der Waals surface area (Å²) < 4.78 is 42.4. The first-order chi connectivity index (χ1) is 17.0. The summed E-state index contributed by atoms with van der Waals surface area (Å²) in [7, 11) is 0. The predicted molar refractivity (Wildman–Crippen MR) is 132 cm³/mol. The minimum atomic E-state index is -4.52. The summed E-state index contributed by atoms with van der Waals surface area (Å²) in [5.74, 6) is 1.66. The SMILES string of the molecule is Cc1ccn(-c2cccc(C(CC(C)C)(CC(C)C)c3cccc(-n4ccc(C(F)(F)F)n4)n3)n2)n1. The molecule has 9 heteroatoms. The lowest BCUT2D eigenvalue weighted by molar-refractivity contribution is -0.141. The molecule has 0 aliphatic rings. The normalized spacial score (nSPS) is 12.6. The third-order valence-electron chi connectivity index (χ3n) is 6.03. The number of hydrogen-bond donors (Lipinski definition) is 0. The van der Waals surface area contributed by atoms with Crippen molar-refractivity contribution >= 4 is 0 Å². The smallest absolute Gasteiger partial charge is 0.233 e. The van der Waals surface area contributed by atoms with Gasteiger partial charge in [-0.05, 0) is 68.0 Å². The van der Waals surface area contributed by atoms with Crippen LogP contribution < -0.4 is 0 Å². The van der Waals surface area contributed by atoms with Crippen LogP contribution in [0, 0.1) is 18.8 Å². The molecule has 0 saturated heterocycles. The zero-order valence-electron chi connectivity index (χ0n) is 21.2. The maximum Gasteiger partial charge on any atom is 0.435 e. The van der Waals surface area contributed by atoms with E-state index in [1.165, 1.54) is 10.9 Å². The zero-order chi connectivity index (χ0) is 26.1. The highest BCUT2D eigenvalue weighted by molar-refractivity contribution is 5.38. The fourth-order valence-electron chi connectivity index (χ4n) is 4.81. The second kappa shape index (κ2) is 9.87. The fraction of sp³-hybridized carbons (Fsp3) is 0.407. The van der Waals surface area contributed by atoms with Crippen molar-refractivity contribution in [2.75, 3.05) is 0 Å². The Morgan fingerprint density at radius 1 is 0.694 bits per heavy atom. The second-order valence-electron chi connectivity index (χ2n) is 10.1. The van der Waals surface area contributed by atoms with Crippen molar-refractivity contribution in [2.45, 2.75) is 59.1 Å². The first kappa shape index (κ1) is 25.6. The van der Waals surface area contributed by atoms with E-state index in [1.807, 2.05) is 49.5 Å². The third kappa shape index (κ3) is 5.34. The molecule has 4 aromatic heterocycles. The monoisotopic (exact) mass is 496 g/mol. The minimum Gasteiger partial charge on any atom is -0.233 e. The lowest BCUT2D eigenvalue weighted by Crippen LogP contribution is -2.34. The van der Waals surface area contributed by atoms with Gasteiger partial charge in [-0.1, -0.05) is 39.8 Å². The summed E-state index contributed by atoms with van der Waals surface area (Å²) in [6.07, 6.45) is 0.187. The molecule has 4 heterocycles. The Kier molecular flexibility index (Phi) is 7.02. The highest BCUT2D eigenvalue weighted by Gasteiger charge is 2.39. The summed E-state index contributed by atoms with van der Waals surface area (Å²) in [5.41, 5.74) is 1.000. The third-order valence-corrected chi connectivity index (χ3v) is 6.03. The summed E-state index contributed by atoms with van der Waals surface area (Å²) in [6.45, 7) is 10.5. The average Bonchev–Trinajstić information content (AvgIpc) is 3.48. The van der Waals surface area contributed by atoms with Crippen LogP contribution in [-0.4, -0.2) is 29.5 Å². The van der Waals surface area contributed by atoms with Crippen LogP contribution in [0.5, 0.6) is 0 Å². The van der Waals surface area contributed by atoms with E-state index in [1.54, 1.807) is 10.7 Å². The molecule has 0 aliphatic carbocycles. The number of alkyl halides is 3. The highest BCUT2D eigenvalue weighted by Crippen LogP contribution is 2.42. The van der Waals surface area contributed by atoms with E-state index in [0.717, 1.165) is 36.0 Å². The molecule has 0 bridgehead atoms. The molecule has 0 unspecified atom stereocenters. The Bertz CT molecular complexity index is 1310. The Labute approximate surface area is 209 Å². The van der Waals surface area contributed by atoms with Crippen molar-refractivity contribution in [1.29, 1.82) is 0 Å². The fourth-order valence-corrected chi connectivity index (χ4v) is 4.81. The molecular weight excluding hydrogens is 465 g/mol. The van der Waals surface area contributed by atoms with E-state index in [0.29, 0.717) is 23.5 Å². The molecular formula is C27H31F3N6. The highest BCUT2D eigenvalue weighted by atomic mass is 19.4. The predicted octanol–water partition coefficient (Wildman–Crippen LogP) is 6.55. The number of hydrogen-bond acceptors (Lipinski definition) is 4. The summed E-state index contributed by atoms with van der Waals surface area (Å²) in [4.78, 5) is 9.91. The Hall–Kier alpha value is -3.49. The van der Waals surface area contributed by atoms with Crippen LogP contribution >= 0.6 is 0 Å². The quantitative estimate of drug-likeness (QED) is 0.277. The van der Waals surface area contributed by atoms with E-state index in [2.05, 4.69) is 37.9 Å². The van der Waals surface area contributed by atoms with Crippen molar-refractivity contribution in [1.82, 2.24) is 29.5 Å². The maximum absolute atomic E-state index is 13.2. The number of nitrogens with zero attached hydrogens (tertiary/aromatic N) is 6. The zero-order valence-corrected chi connectivity index (χ0v) is 21.2. The topological polar surface area (TPSA) is 61.4 Å². The van der Waals surface area contributed by atoms with Gasteiger partial charge in [0, 0.05) is 12.4 Å². The van der Waals surface area contributed by atoms with Crippen LogP contribution in [0.3, 0.4) is 0 Å². The van der Waals surface area contributed by atoms with E-state index < -0.39 is 17.3 Å². The maximum atomic E-state index is 13.2. The first-order valence-corrected chi connectivity index (χ1v) is 12.1. The van der Waals surface area contributed by atoms with Crippen LogP contribution in [0.1, 0.15) is 63.3 Å². The van der Waals surface area contributed by atoms with Crippen molar-refractivity contribution in [3.63, 3.8) is 0 Å². The van der Waals surface area contributed by atoms with Gasteiger partial charge in [0.1, 0.15) is 0 Å². The van der Waals surface area contributed by atoms with Crippen LogP contribution in [0.2, 0.25) is 0 Å². The van der Waals surface area contributed by atoms with Crippen LogP contribution in [0.25, 0.3) is 11.6 Å². The van der Waals surface area contributed by atoms with Gasteiger partial charge in [0.2, 0.25) is 0 Å². The number of halogens is 3. The molecule has 0 aliphatic heterocycles. The van der Waals surface area contributed by atoms with Crippen molar-refractivity contribution < 1.29 is 13.2 Å². The van der Waals surface area contributed by atoms with Crippen molar-refractivity contribution in [3.05, 3.63) is 83.7 Å². The standard InChI is InChI=1S/C27H31F3N6/c1-18(2)16-26(17-19(3)4,21-8-6-10-24(31-21)35-14-12-20(5)33-35)22-9-7-11-25(32-22)36-15-13-23(34-36)27(28,29)30/h6-15,18-19H,16-17H2,1-5H3. The second-order valence-corrected chi connectivity index (χ2v) is 10.1. The summed E-state index contributed by atoms with van der Waals surface area (Å²) in [6, 6.07) is 14.2. The van der Waals surface area contributed by atoms with Gasteiger partial charge in [0.15, 0.2) is 17.3 Å². The Morgan fingerprint density at radius 2 is 1.19 bits per heavy atom. The molecule has 36 heavy (non-hydrogen) atoms. The first-order valence-electron chi connectivity index (χ1n) is 12.1. The Balaban J connectivity index is 1.87.